The second kappa shape index (κ2) is 5.05. The summed E-state index contributed by atoms with van der Waals surface area (Å²) in [4.78, 5) is 24.1. The zero-order valence-corrected chi connectivity index (χ0v) is 12.3. The van der Waals surface area contributed by atoms with Crippen LogP contribution in [-0.2, 0) is 19.8 Å². The molecule has 22 heavy (non-hydrogen) atoms. The number of amides is 2. The van der Waals surface area contributed by atoms with Gasteiger partial charge in [0.15, 0.2) is 5.75 Å². The number of anilines is 2. The van der Waals surface area contributed by atoms with Gasteiger partial charge in [-0.2, -0.15) is 8.42 Å². The molecule has 2 amide bonds. The van der Waals surface area contributed by atoms with Gasteiger partial charge in [0.2, 0.25) is 5.91 Å². The van der Waals surface area contributed by atoms with Crippen LogP contribution in [0, 0.1) is 0 Å². The van der Waals surface area contributed by atoms with Gasteiger partial charge in [-0.3, -0.25) is 9.69 Å². The summed E-state index contributed by atoms with van der Waals surface area (Å²) in [5, 5.41) is 2.58. The third kappa shape index (κ3) is 2.77. The molecular formula is C12H13N3O6S. The number of nitrogens with zero attached hydrogens (tertiary/aromatic N) is 1. The molecule has 1 atom stereocenters. The molecule has 10 heteroatoms. The molecule has 9 nitrogen and oxygen atoms in total. The number of fused-ring (bicyclic) bond motifs is 1. The zero-order chi connectivity index (χ0) is 15.9. The Morgan fingerprint density at radius 3 is 3.00 bits per heavy atom. The van der Waals surface area contributed by atoms with Crippen molar-refractivity contribution < 1.29 is 26.9 Å². The Morgan fingerprint density at radius 1 is 1.50 bits per heavy atom. The maximum absolute atomic E-state index is 11.9. The van der Waals surface area contributed by atoms with Crippen LogP contribution < -0.4 is 19.1 Å². The molecule has 2 heterocycles. The minimum atomic E-state index is -3.82. The highest BCUT2D eigenvalue weighted by atomic mass is 32.2. The van der Waals surface area contributed by atoms with Crippen LogP contribution in [0.15, 0.2) is 18.2 Å². The van der Waals surface area contributed by atoms with Crippen LogP contribution >= 0.6 is 0 Å². The lowest BCUT2D eigenvalue weighted by Crippen LogP contribution is -2.33. The largest absolute Gasteiger partial charge is 0.442 e. The van der Waals surface area contributed by atoms with Gasteiger partial charge in [-0.25, -0.2) is 9.52 Å². The summed E-state index contributed by atoms with van der Waals surface area (Å²) in [6.45, 7) is 1.84. The Balaban J connectivity index is 1.75. The number of hydrogen-bond donors (Lipinski definition) is 2. The minimum Gasteiger partial charge on any atom is -0.442 e. The van der Waals surface area contributed by atoms with Crippen LogP contribution in [0.3, 0.4) is 0 Å². The van der Waals surface area contributed by atoms with Crippen molar-refractivity contribution in [3.8, 4) is 5.75 Å². The Bertz CT molecular complexity index is 747. The number of rotatable bonds is 3. The van der Waals surface area contributed by atoms with Gasteiger partial charge in [-0.05, 0) is 12.1 Å². The summed E-state index contributed by atoms with van der Waals surface area (Å²) in [7, 11) is -3.82. The summed E-state index contributed by atoms with van der Waals surface area (Å²) in [5.74, 6) is -0.0904. The maximum Gasteiger partial charge on any atom is 0.414 e. The normalized spacial score (nSPS) is 21.6. The summed E-state index contributed by atoms with van der Waals surface area (Å²) < 4.78 is 34.7. The topological polar surface area (TPSA) is 114 Å². The van der Waals surface area contributed by atoms with Crippen LogP contribution in [0.2, 0.25) is 0 Å². The van der Waals surface area contributed by atoms with E-state index in [0.717, 1.165) is 0 Å². The highest BCUT2D eigenvalue weighted by Gasteiger charge is 2.34. The van der Waals surface area contributed by atoms with Crippen molar-refractivity contribution in [3.05, 3.63) is 18.2 Å². The molecule has 1 saturated heterocycles. The number of ether oxygens (including phenoxy) is 1. The summed E-state index contributed by atoms with van der Waals surface area (Å²) in [5.41, 5.74) is 0.763. The quantitative estimate of drug-likeness (QED) is 0.819. The first-order valence-corrected chi connectivity index (χ1v) is 7.84. The number of cyclic esters (lactones) is 1. The van der Waals surface area contributed by atoms with Crippen molar-refractivity contribution in [3.63, 3.8) is 0 Å². The van der Waals surface area contributed by atoms with Gasteiger partial charge in [0, 0.05) is 13.0 Å². The van der Waals surface area contributed by atoms with Crippen LogP contribution in [0.1, 0.15) is 6.92 Å². The van der Waals surface area contributed by atoms with E-state index in [1.807, 2.05) is 0 Å². The molecule has 118 valence electrons. The first-order chi connectivity index (χ1) is 10.3. The smallest absolute Gasteiger partial charge is 0.414 e. The van der Waals surface area contributed by atoms with E-state index in [0.29, 0.717) is 11.4 Å². The molecule has 2 N–H and O–H groups in total. The average Bonchev–Trinajstić information content (AvgIpc) is 2.93. The second-order valence-electron chi connectivity index (χ2n) is 4.87. The fourth-order valence-corrected chi connectivity index (χ4v) is 3.06. The predicted molar refractivity (Wildman–Crippen MR) is 75.9 cm³/mol. The van der Waals surface area contributed by atoms with Gasteiger partial charge in [0.25, 0.3) is 0 Å². The molecular weight excluding hydrogens is 314 g/mol. The summed E-state index contributed by atoms with van der Waals surface area (Å²) >= 11 is 0. The molecule has 0 unspecified atom stereocenters. The number of nitrogens with one attached hydrogen (secondary N) is 2. The first kappa shape index (κ1) is 14.4. The number of hydrogen-bond acceptors (Lipinski definition) is 6. The van der Waals surface area contributed by atoms with Crippen molar-refractivity contribution in [2.45, 2.75) is 13.0 Å². The van der Waals surface area contributed by atoms with E-state index in [1.54, 1.807) is 6.07 Å². The number of carbonyl (C=O) groups excluding carboxylic acids is 2. The highest BCUT2D eigenvalue weighted by Crippen LogP contribution is 2.37. The van der Waals surface area contributed by atoms with Crippen molar-refractivity contribution in [1.82, 2.24) is 5.32 Å². The molecule has 0 spiro atoms. The van der Waals surface area contributed by atoms with Crippen LogP contribution in [0.4, 0.5) is 16.2 Å². The SMILES string of the molecule is CC(=O)NC[C@H]1CN(c2ccc3c(c2)OS(=O)(=O)N3)C(=O)O1. The standard InChI is InChI=1S/C12H13N3O6S/c1-7(16)13-5-9-6-15(12(17)20-9)8-2-3-10-11(4-8)21-22(18,19)14-10/h2-4,9,14H,5-6H2,1H3,(H,13,16)/t9-/m0/s1. The molecule has 3 rings (SSSR count). The van der Waals surface area contributed by atoms with E-state index < -0.39 is 22.5 Å². The van der Waals surface area contributed by atoms with E-state index in [4.69, 9.17) is 8.92 Å². The zero-order valence-electron chi connectivity index (χ0n) is 11.5. The Morgan fingerprint density at radius 2 is 2.27 bits per heavy atom. The van der Waals surface area contributed by atoms with Crippen molar-refractivity contribution in [1.29, 1.82) is 0 Å². The van der Waals surface area contributed by atoms with Gasteiger partial charge in [-0.1, -0.05) is 0 Å². The van der Waals surface area contributed by atoms with E-state index in [-0.39, 0.29) is 24.7 Å². The molecule has 2 aliphatic heterocycles. The first-order valence-electron chi connectivity index (χ1n) is 6.43. The third-order valence-corrected chi connectivity index (χ3v) is 4.03. The van der Waals surface area contributed by atoms with Crippen LogP contribution in [0.5, 0.6) is 5.75 Å². The third-order valence-electron chi connectivity index (χ3n) is 3.16. The highest BCUT2D eigenvalue weighted by molar-refractivity contribution is 7.88. The van der Waals surface area contributed by atoms with E-state index in [2.05, 4.69) is 10.0 Å². The number of carbonyl (C=O) groups is 2. The van der Waals surface area contributed by atoms with Gasteiger partial charge in [0.1, 0.15) is 6.10 Å². The summed E-state index contributed by atoms with van der Waals surface area (Å²) in [6.07, 6.45) is -1.03. The molecule has 2 aliphatic rings. The van der Waals surface area contributed by atoms with E-state index in [9.17, 15) is 18.0 Å². The number of benzene rings is 1. The van der Waals surface area contributed by atoms with Gasteiger partial charge < -0.3 is 14.2 Å². The molecule has 0 bridgehead atoms. The van der Waals surface area contributed by atoms with Crippen molar-refractivity contribution in [2.75, 3.05) is 22.7 Å². The molecule has 1 fully saturated rings. The monoisotopic (exact) mass is 327 g/mol. The Labute approximate surface area is 126 Å². The molecule has 0 aliphatic carbocycles. The van der Waals surface area contributed by atoms with Crippen molar-refractivity contribution in [2.24, 2.45) is 0 Å². The van der Waals surface area contributed by atoms with E-state index in [1.165, 1.54) is 24.0 Å². The summed E-state index contributed by atoms with van der Waals surface area (Å²) in [6, 6.07) is 4.52. The lowest BCUT2D eigenvalue weighted by atomic mass is 10.2. The van der Waals surface area contributed by atoms with E-state index >= 15 is 0 Å². The lowest BCUT2D eigenvalue weighted by molar-refractivity contribution is -0.119. The lowest BCUT2D eigenvalue weighted by Gasteiger charge is -2.13. The van der Waals surface area contributed by atoms with Crippen LogP contribution in [0.25, 0.3) is 0 Å². The van der Waals surface area contributed by atoms with Gasteiger partial charge in [0.05, 0.1) is 24.5 Å². The molecule has 0 aromatic heterocycles. The Kier molecular flexibility index (Phi) is 3.32. The Hall–Kier alpha value is -2.49. The fourth-order valence-electron chi connectivity index (χ4n) is 2.20. The molecule has 1 aromatic rings. The average molecular weight is 327 g/mol. The molecule has 0 radical (unpaired) electrons. The maximum atomic E-state index is 11.9. The fraction of sp³-hybridized carbons (Fsp3) is 0.333. The predicted octanol–water partition coefficient (Wildman–Crippen LogP) is 0.197. The van der Waals surface area contributed by atoms with Crippen molar-refractivity contribution >= 4 is 33.7 Å². The van der Waals surface area contributed by atoms with Gasteiger partial charge >= 0.3 is 16.4 Å². The molecule has 1 aromatic carbocycles. The van der Waals surface area contributed by atoms with Crippen LogP contribution in [-0.4, -0.2) is 39.6 Å². The molecule has 0 saturated carbocycles. The minimum absolute atomic E-state index is 0.121. The van der Waals surface area contributed by atoms with Gasteiger partial charge in [-0.15, -0.1) is 0 Å². The second-order valence-corrected chi connectivity index (χ2v) is 6.15.